The first-order chi connectivity index (χ1) is 10.3. The van der Waals surface area contributed by atoms with Gasteiger partial charge in [0.2, 0.25) is 0 Å². The lowest BCUT2D eigenvalue weighted by Gasteiger charge is -2.10. The maximum atomic E-state index is 5.61. The molecule has 0 aromatic heterocycles. The topological polar surface area (TPSA) is 30.5 Å². The summed E-state index contributed by atoms with van der Waals surface area (Å²) in [6.45, 7) is 4.24. The number of anilines is 1. The van der Waals surface area contributed by atoms with Crippen molar-refractivity contribution in [1.82, 2.24) is 0 Å². The molecule has 0 saturated carbocycles. The van der Waals surface area contributed by atoms with Gasteiger partial charge in [-0.1, -0.05) is 30.3 Å². The maximum Gasteiger partial charge on any atom is 0.121 e. The van der Waals surface area contributed by atoms with E-state index in [1.807, 2.05) is 18.2 Å². The highest BCUT2D eigenvalue weighted by atomic mass is 16.5. The lowest BCUT2D eigenvalue weighted by Crippen LogP contribution is -2.07. The highest BCUT2D eigenvalue weighted by Crippen LogP contribution is 2.17. The van der Waals surface area contributed by atoms with E-state index in [0.29, 0.717) is 13.2 Å². The van der Waals surface area contributed by atoms with E-state index in [1.165, 1.54) is 11.1 Å². The monoisotopic (exact) mass is 285 g/mol. The van der Waals surface area contributed by atoms with Gasteiger partial charge in [0.05, 0.1) is 6.61 Å². The Hall–Kier alpha value is -2.00. The molecule has 0 aliphatic carbocycles. The van der Waals surface area contributed by atoms with Crippen molar-refractivity contribution in [1.29, 1.82) is 0 Å². The van der Waals surface area contributed by atoms with Crippen LogP contribution in [0.25, 0.3) is 0 Å². The fourth-order valence-corrected chi connectivity index (χ4v) is 2.17. The van der Waals surface area contributed by atoms with Crippen LogP contribution in [0.2, 0.25) is 0 Å². The van der Waals surface area contributed by atoms with E-state index in [4.69, 9.17) is 9.47 Å². The third-order valence-corrected chi connectivity index (χ3v) is 3.37. The largest absolute Gasteiger partial charge is 0.491 e. The molecule has 2 rings (SSSR count). The van der Waals surface area contributed by atoms with Crippen molar-refractivity contribution in [3.8, 4) is 5.75 Å². The molecule has 0 aliphatic heterocycles. The van der Waals surface area contributed by atoms with Crippen LogP contribution in [-0.4, -0.2) is 26.9 Å². The van der Waals surface area contributed by atoms with Gasteiger partial charge in [0.15, 0.2) is 0 Å². The van der Waals surface area contributed by atoms with Crippen LogP contribution < -0.4 is 10.1 Å². The Kier molecular flexibility index (Phi) is 6.10. The molecule has 2 aromatic carbocycles. The molecule has 0 fully saturated rings. The van der Waals surface area contributed by atoms with Crippen molar-refractivity contribution in [2.24, 2.45) is 0 Å². The van der Waals surface area contributed by atoms with Gasteiger partial charge >= 0.3 is 0 Å². The number of hydrogen-bond acceptors (Lipinski definition) is 3. The molecule has 0 amide bonds. The fourth-order valence-electron chi connectivity index (χ4n) is 2.17. The van der Waals surface area contributed by atoms with E-state index >= 15 is 0 Å². The number of rotatable bonds is 8. The summed E-state index contributed by atoms with van der Waals surface area (Å²) >= 11 is 0. The van der Waals surface area contributed by atoms with Crippen LogP contribution in [0.4, 0.5) is 5.69 Å². The molecule has 0 heterocycles. The van der Waals surface area contributed by atoms with Crippen LogP contribution in [0.3, 0.4) is 0 Å². The highest BCUT2D eigenvalue weighted by molar-refractivity contribution is 5.48. The van der Waals surface area contributed by atoms with Crippen molar-refractivity contribution in [3.05, 3.63) is 59.7 Å². The molecular weight excluding hydrogens is 262 g/mol. The zero-order valence-corrected chi connectivity index (χ0v) is 12.8. The van der Waals surface area contributed by atoms with Crippen molar-refractivity contribution in [2.45, 2.75) is 13.3 Å². The van der Waals surface area contributed by atoms with Gasteiger partial charge in [0.25, 0.3) is 0 Å². The van der Waals surface area contributed by atoms with E-state index in [9.17, 15) is 0 Å². The van der Waals surface area contributed by atoms with Crippen molar-refractivity contribution in [2.75, 3.05) is 32.2 Å². The summed E-state index contributed by atoms with van der Waals surface area (Å²) < 4.78 is 10.6. The second-order valence-corrected chi connectivity index (χ2v) is 4.97. The smallest absolute Gasteiger partial charge is 0.121 e. The van der Waals surface area contributed by atoms with Gasteiger partial charge in [0.1, 0.15) is 12.4 Å². The molecule has 0 spiro atoms. The molecule has 0 bridgehead atoms. The zero-order valence-electron chi connectivity index (χ0n) is 12.8. The Morgan fingerprint density at radius 2 is 1.86 bits per heavy atom. The summed E-state index contributed by atoms with van der Waals surface area (Å²) in [6.07, 6.45) is 1.02. The van der Waals surface area contributed by atoms with Crippen LogP contribution >= 0.6 is 0 Å². The molecule has 0 unspecified atom stereocenters. The van der Waals surface area contributed by atoms with Crippen LogP contribution in [0.1, 0.15) is 11.1 Å². The number of nitrogens with one attached hydrogen (secondary N) is 1. The quantitative estimate of drug-likeness (QED) is 0.751. The summed E-state index contributed by atoms with van der Waals surface area (Å²) in [5.41, 5.74) is 3.81. The molecule has 112 valence electrons. The van der Waals surface area contributed by atoms with E-state index < -0.39 is 0 Å². The zero-order chi connectivity index (χ0) is 14.9. The second kappa shape index (κ2) is 8.32. The highest BCUT2D eigenvalue weighted by Gasteiger charge is 1.99. The van der Waals surface area contributed by atoms with Gasteiger partial charge in [-0.3, -0.25) is 0 Å². The van der Waals surface area contributed by atoms with Crippen LogP contribution in [-0.2, 0) is 11.2 Å². The minimum atomic E-state index is 0.573. The average molecular weight is 285 g/mol. The summed E-state index contributed by atoms with van der Waals surface area (Å²) in [6, 6.07) is 16.5. The minimum Gasteiger partial charge on any atom is -0.491 e. The SMILES string of the molecule is COCCOc1cccc(NCCc2ccccc2C)c1. The Morgan fingerprint density at radius 1 is 1.00 bits per heavy atom. The summed E-state index contributed by atoms with van der Waals surface area (Å²) in [4.78, 5) is 0. The number of methoxy groups -OCH3 is 1. The predicted molar refractivity (Wildman–Crippen MR) is 87.2 cm³/mol. The number of hydrogen-bond donors (Lipinski definition) is 1. The molecule has 0 radical (unpaired) electrons. The van der Waals surface area contributed by atoms with Crippen molar-refractivity contribution in [3.63, 3.8) is 0 Å². The third-order valence-electron chi connectivity index (χ3n) is 3.37. The summed E-state index contributed by atoms with van der Waals surface area (Å²) in [5.74, 6) is 0.868. The third kappa shape index (κ3) is 5.12. The Balaban J connectivity index is 1.83. The number of ether oxygens (including phenoxy) is 2. The van der Waals surface area contributed by atoms with Gasteiger partial charge in [-0.2, -0.15) is 0 Å². The fraction of sp³-hybridized carbons (Fsp3) is 0.333. The van der Waals surface area contributed by atoms with Crippen LogP contribution in [0.15, 0.2) is 48.5 Å². The predicted octanol–water partition coefficient (Wildman–Crippen LogP) is 3.67. The van der Waals surface area contributed by atoms with Crippen molar-refractivity contribution >= 4 is 5.69 Å². The molecule has 2 aromatic rings. The number of aryl methyl sites for hydroxylation is 1. The molecule has 0 atom stereocenters. The van der Waals surface area contributed by atoms with E-state index in [-0.39, 0.29) is 0 Å². The summed E-state index contributed by atoms with van der Waals surface area (Å²) in [5, 5.41) is 3.44. The molecule has 3 heteroatoms. The minimum absolute atomic E-state index is 0.573. The Bertz CT molecular complexity index is 554. The van der Waals surface area contributed by atoms with E-state index in [2.05, 4.69) is 42.6 Å². The first-order valence-corrected chi connectivity index (χ1v) is 7.30. The molecular formula is C18H23NO2. The molecule has 0 saturated heterocycles. The Labute approximate surface area is 126 Å². The molecule has 3 nitrogen and oxygen atoms in total. The van der Waals surface area contributed by atoms with Crippen molar-refractivity contribution < 1.29 is 9.47 Å². The summed E-state index contributed by atoms with van der Waals surface area (Å²) in [7, 11) is 1.67. The first-order valence-electron chi connectivity index (χ1n) is 7.30. The lowest BCUT2D eigenvalue weighted by molar-refractivity contribution is 0.146. The standard InChI is InChI=1S/C18H23NO2/c1-15-6-3-4-7-16(15)10-11-19-17-8-5-9-18(14-17)21-13-12-20-2/h3-9,14,19H,10-13H2,1-2H3. The van der Waals surface area contributed by atoms with E-state index in [1.54, 1.807) is 7.11 Å². The second-order valence-electron chi connectivity index (χ2n) is 4.97. The first kappa shape index (κ1) is 15.4. The normalized spacial score (nSPS) is 10.4. The van der Waals surface area contributed by atoms with Gasteiger partial charge in [0, 0.05) is 25.4 Å². The molecule has 21 heavy (non-hydrogen) atoms. The van der Waals surface area contributed by atoms with E-state index in [0.717, 1.165) is 24.4 Å². The van der Waals surface area contributed by atoms with Crippen LogP contribution in [0, 0.1) is 6.92 Å². The van der Waals surface area contributed by atoms with Gasteiger partial charge in [-0.15, -0.1) is 0 Å². The molecule has 0 aliphatic rings. The number of benzene rings is 2. The van der Waals surface area contributed by atoms with Gasteiger partial charge in [-0.25, -0.2) is 0 Å². The van der Waals surface area contributed by atoms with Gasteiger partial charge in [-0.05, 0) is 36.6 Å². The molecule has 1 N–H and O–H groups in total. The Morgan fingerprint density at radius 3 is 2.67 bits per heavy atom. The van der Waals surface area contributed by atoms with Crippen LogP contribution in [0.5, 0.6) is 5.75 Å². The average Bonchev–Trinajstić information content (AvgIpc) is 2.50. The van der Waals surface area contributed by atoms with Gasteiger partial charge < -0.3 is 14.8 Å². The maximum absolute atomic E-state index is 5.61. The lowest BCUT2D eigenvalue weighted by atomic mass is 10.1.